The zero-order valence-corrected chi connectivity index (χ0v) is 9.01. The number of hydrogen-bond acceptors (Lipinski definition) is 1. The van der Waals surface area contributed by atoms with Crippen LogP contribution in [-0.4, -0.2) is 5.11 Å². The van der Waals surface area contributed by atoms with Gasteiger partial charge in [0.1, 0.15) is 0 Å². The van der Waals surface area contributed by atoms with Crippen molar-refractivity contribution in [1.82, 2.24) is 5.32 Å². The molecule has 0 aliphatic rings. The maximum absolute atomic E-state index is 5.90. The Balaban J connectivity index is 2.72. The van der Waals surface area contributed by atoms with Gasteiger partial charge in [0.25, 0.3) is 0 Å². The summed E-state index contributed by atoms with van der Waals surface area (Å²) in [6.45, 7) is 0.519. The Hall–Kier alpha value is -0.510. The van der Waals surface area contributed by atoms with E-state index in [9.17, 15) is 0 Å². The minimum atomic E-state index is 0.256. The van der Waals surface area contributed by atoms with Gasteiger partial charge in [-0.05, 0) is 29.9 Å². The SMILES string of the molecule is NC(=S)NCc1ccc(Cl)cc1Cl. The summed E-state index contributed by atoms with van der Waals surface area (Å²) in [5, 5.41) is 4.28. The van der Waals surface area contributed by atoms with Crippen LogP contribution in [0.2, 0.25) is 10.0 Å². The van der Waals surface area contributed by atoms with Gasteiger partial charge in [-0.1, -0.05) is 29.3 Å². The number of rotatable bonds is 2. The summed E-state index contributed by atoms with van der Waals surface area (Å²) in [5.41, 5.74) is 6.19. The van der Waals surface area contributed by atoms with E-state index in [1.165, 1.54) is 0 Å². The summed E-state index contributed by atoms with van der Waals surface area (Å²) < 4.78 is 0. The van der Waals surface area contributed by atoms with Crippen LogP contribution in [-0.2, 0) is 6.54 Å². The third kappa shape index (κ3) is 3.38. The van der Waals surface area contributed by atoms with E-state index in [0.29, 0.717) is 16.6 Å². The lowest BCUT2D eigenvalue weighted by Gasteiger charge is -2.05. The Morgan fingerprint density at radius 3 is 2.69 bits per heavy atom. The van der Waals surface area contributed by atoms with Gasteiger partial charge in [0, 0.05) is 16.6 Å². The number of nitrogens with two attached hydrogens (primary N) is 1. The van der Waals surface area contributed by atoms with Crippen LogP contribution in [0.1, 0.15) is 5.56 Å². The van der Waals surface area contributed by atoms with Crippen LogP contribution >= 0.6 is 35.4 Å². The maximum atomic E-state index is 5.90. The van der Waals surface area contributed by atoms with Gasteiger partial charge in [-0.3, -0.25) is 0 Å². The number of benzene rings is 1. The molecule has 0 bridgehead atoms. The van der Waals surface area contributed by atoms with E-state index in [-0.39, 0.29) is 5.11 Å². The first-order valence-electron chi connectivity index (χ1n) is 3.57. The van der Waals surface area contributed by atoms with Crippen LogP contribution in [0.25, 0.3) is 0 Å². The standard InChI is InChI=1S/C8H8Cl2N2S/c9-6-2-1-5(7(10)3-6)4-12-8(11)13/h1-3H,4H2,(H3,11,12,13). The molecule has 0 radical (unpaired) electrons. The third-order valence-corrected chi connectivity index (χ3v) is 2.20. The average molecular weight is 235 g/mol. The van der Waals surface area contributed by atoms with Crippen molar-refractivity contribution >= 4 is 40.5 Å². The van der Waals surface area contributed by atoms with E-state index >= 15 is 0 Å². The molecule has 0 aliphatic carbocycles. The molecule has 3 N–H and O–H groups in total. The molecule has 0 spiro atoms. The molecule has 0 saturated heterocycles. The van der Waals surface area contributed by atoms with Crippen molar-refractivity contribution in [3.05, 3.63) is 33.8 Å². The Kier molecular flexibility index (Phi) is 3.78. The first-order chi connectivity index (χ1) is 6.09. The summed E-state index contributed by atoms with van der Waals surface area (Å²) in [7, 11) is 0. The second kappa shape index (κ2) is 4.65. The van der Waals surface area contributed by atoms with Gasteiger partial charge < -0.3 is 11.1 Å². The predicted octanol–water partition coefficient (Wildman–Crippen LogP) is 2.33. The maximum Gasteiger partial charge on any atom is 0.163 e. The molecule has 0 fully saturated rings. The van der Waals surface area contributed by atoms with Crippen molar-refractivity contribution < 1.29 is 0 Å². The molecule has 0 amide bonds. The summed E-state index contributed by atoms with van der Waals surface area (Å²) in [6.07, 6.45) is 0. The number of nitrogens with one attached hydrogen (secondary N) is 1. The van der Waals surface area contributed by atoms with E-state index in [1.54, 1.807) is 12.1 Å². The van der Waals surface area contributed by atoms with Crippen LogP contribution in [0, 0.1) is 0 Å². The number of hydrogen-bond donors (Lipinski definition) is 2. The van der Waals surface area contributed by atoms with Gasteiger partial charge >= 0.3 is 0 Å². The first-order valence-corrected chi connectivity index (χ1v) is 4.73. The fourth-order valence-corrected chi connectivity index (χ4v) is 1.39. The highest BCUT2D eigenvalue weighted by Gasteiger charge is 2.00. The molecule has 0 atom stereocenters. The van der Waals surface area contributed by atoms with E-state index < -0.39 is 0 Å². The van der Waals surface area contributed by atoms with Gasteiger partial charge in [-0.2, -0.15) is 0 Å². The molecule has 0 saturated carbocycles. The molecule has 0 aromatic heterocycles. The Morgan fingerprint density at radius 1 is 1.46 bits per heavy atom. The van der Waals surface area contributed by atoms with Crippen LogP contribution < -0.4 is 11.1 Å². The highest BCUT2D eigenvalue weighted by molar-refractivity contribution is 7.80. The quantitative estimate of drug-likeness (QED) is 0.772. The topological polar surface area (TPSA) is 38.0 Å². The fourth-order valence-electron chi connectivity index (χ4n) is 0.847. The zero-order chi connectivity index (χ0) is 9.84. The minimum Gasteiger partial charge on any atom is -0.376 e. The molecular formula is C8H8Cl2N2S. The second-order valence-corrected chi connectivity index (χ2v) is 3.74. The zero-order valence-electron chi connectivity index (χ0n) is 6.68. The van der Waals surface area contributed by atoms with Crippen molar-refractivity contribution in [2.45, 2.75) is 6.54 Å². The average Bonchev–Trinajstić information content (AvgIpc) is 2.02. The highest BCUT2D eigenvalue weighted by atomic mass is 35.5. The summed E-state index contributed by atoms with van der Waals surface area (Å²) in [6, 6.07) is 5.28. The molecule has 0 aliphatic heterocycles. The van der Waals surface area contributed by atoms with Crippen LogP contribution in [0.3, 0.4) is 0 Å². The Labute approximate surface area is 92.0 Å². The summed E-state index contributed by atoms with van der Waals surface area (Å²) in [5.74, 6) is 0. The van der Waals surface area contributed by atoms with Gasteiger partial charge in [0.15, 0.2) is 5.11 Å². The molecule has 70 valence electrons. The summed E-state index contributed by atoms with van der Waals surface area (Å²) >= 11 is 16.3. The first kappa shape index (κ1) is 10.6. The minimum absolute atomic E-state index is 0.256. The van der Waals surface area contributed by atoms with E-state index in [2.05, 4.69) is 17.5 Å². The highest BCUT2D eigenvalue weighted by Crippen LogP contribution is 2.20. The fraction of sp³-hybridized carbons (Fsp3) is 0.125. The molecule has 5 heteroatoms. The smallest absolute Gasteiger partial charge is 0.163 e. The van der Waals surface area contributed by atoms with Crippen LogP contribution in [0.5, 0.6) is 0 Å². The van der Waals surface area contributed by atoms with E-state index in [1.807, 2.05) is 6.07 Å². The van der Waals surface area contributed by atoms with Crippen molar-refractivity contribution in [2.75, 3.05) is 0 Å². The second-order valence-electron chi connectivity index (χ2n) is 2.45. The number of thiocarbonyl (C=S) groups is 1. The summed E-state index contributed by atoms with van der Waals surface area (Å²) in [4.78, 5) is 0. The Bertz CT molecular complexity index is 328. The van der Waals surface area contributed by atoms with E-state index in [0.717, 1.165) is 5.56 Å². The van der Waals surface area contributed by atoms with Crippen LogP contribution in [0.4, 0.5) is 0 Å². The van der Waals surface area contributed by atoms with Crippen molar-refractivity contribution in [3.63, 3.8) is 0 Å². The van der Waals surface area contributed by atoms with Crippen molar-refractivity contribution in [2.24, 2.45) is 5.73 Å². The monoisotopic (exact) mass is 234 g/mol. The molecule has 2 nitrogen and oxygen atoms in total. The lowest BCUT2D eigenvalue weighted by Crippen LogP contribution is -2.28. The Morgan fingerprint density at radius 2 is 2.15 bits per heavy atom. The van der Waals surface area contributed by atoms with Gasteiger partial charge in [0.2, 0.25) is 0 Å². The molecule has 1 aromatic rings. The van der Waals surface area contributed by atoms with Crippen LogP contribution in [0.15, 0.2) is 18.2 Å². The van der Waals surface area contributed by atoms with Crippen molar-refractivity contribution in [1.29, 1.82) is 0 Å². The lowest BCUT2D eigenvalue weighted by molar-refractivity contribution is 0.920. The van der Waals surface area contributed by atoms with Gasteiger partial charge in [0.05, 0.1) is 0 Å². The van der Waals surface area contributed by atoms with E-state index in [4.69, 9.17) is 28.9 Å². The predicted molar refractivity (Wildman–Crippen MR) is 60.1 cm³/mol. The lowest BCUT2D eigenvalue weighted by atomic mass is 10.2. The molecule has 13 heavy (non-hydrogen) atoms. The largest absolute Gasteiger partial charge is 0.376 e. The number of halogens is 2. The third-order valence-electron chi connectivity index (χ3n) is 1.47. The van der Waals surface area contributed by atoms with Gasteiger partial charge in [-0.15, -0.1) is 0 Å². The molecule has 0 unspecified atom stereocenters. The van der Waals surface area contributed by atoms with Crippen molar-refractivity contribution in [3.8, 4) is 0 Å². The molecule has 1 aromatic carbocycles. The molecular weight excluding hydrogens is 227 g/mol. The van der Waals surface area contributed by atoms with Gasteiger partial charge in [-0.25, -0.2) is 0 Å². The molecule has 0 heterocycles. The molecule has 1 rings (SSSR count). The normalized spacial score (nSPS) is 9.69.